The second-order valence-electron chi connectivity index (χ2n) is 5.54. The number of carbonyl (C=O) groups excluding carboxylic acids is 1. The van der Waals surface area contributed by atoms with Gasteiger partial charge >= 0.3 is 0 Å². The van der Waals surface area contributed by atoms with Crippen LogP contribution in [0.5, 0.6) is 0 Å². The average Bonchev–Trinajstić information content (AvgIpc) is 3.25. The molecule has 7 heteroatoms. The van der Waals surface area contributed by atoms with E-state index in [1.165, 1.54) is 37.4 Å². The molecule has 22 heavy (non-hydrogen) atoms. The van der Waals surface area contributed by atoms with Gasteiger partial charge in [-0.15, -0.1) is 5.10 Å². The van der Waals surface area contributed by atoms with Crippen molar-refractivity contribution in [1.82, 2.24) is 20.5 Å². The van der Waals surface area contributed by atoms with Crippen molar-refractivity contribution in [1.29, 1.82) is 0 Å². The Labute approximate surface area is 133 Å². The maximum absolute atomic E-state index is 12.1. The lowest BCUT2D eigenvalue weighted by Crippen LogP contribution is -2.30. The van der Waals surface area contributed by atoms with Crippen LogP contribution in [0.25, 0.3) is 0 Å². The van der Waals surface area contributed by atoms with Gasteiger partial charge in [0.15, 0.2) is 0 Å². The molecule has 1 amide bonds. The van der Waals surface area contributed by atoms with Gasteiger partial charge in [-0.05, 0) is 31.9 Å². The monoisotopic (exact) mass is 320 g/mol. The van der Waals surface area contributed by atoms with E-state index in [1.54, 1.807) is 12.3 Å². The van der Waals surface area contributed by atoms with Crippen LogP contribution < -0.4 is 5.32 Å². The van der Waals surface area contributed by atoms with Crippen LogP contribution in [0.2, 0.25) is 0 Å². The Kier molecular flexibility index (Phi) is 4.82. The molecule has 6 nitrogen and oxygen atoms in total. The van der Waals surface area contributed by atoms with Gasteiger partial charge in [-0.25, -0.2) is 4.98 Å². The van der Waals surface area contributed by atoms with Gasteiger partial charge in [0.05, 0.1) is 18.1 Å². The molecule has 2 N–H and O–H groups in total. The fourth-order valence-electron chi connectivity index (χ4n) is 2.64. The van der Waals surface area contributed by atoms with Crippen LogP contribution in [-0.4, -0.2) is 26.3 Å². The van der Waals surface area contributed by atoms with Gasteiger partial charge in [0, 0.05) is 5.92 Å². The number of furan rings is 1. The zero-order chi connectivity index (χ0) is 15.4. The predicted molar refractivity (Wildman–Crippen MR) is 83.5 cm³/mol. The van der Waals surface area contributed by atoms with Crippen molar-refractivity contribution in [2.24, 2.45) is 0 Å². The standard InChI is InChI=1S/C15H20N4O2S/c1-10(14(20)16-9-12-7-4-8-21-12)22-15-17-13(18-19-15)11-5-2-3-6-11/h4,7-8,10-11H,2-3,5-6,9H2,1H3,(H,16,20)(H,17,18,19). The highest BCUT2D eigenvalue weighted by molar-refractivity contribution is 8.00. The summed E-state index contributed by atoms with van der Waals surface area (Å²) in [6.07, 6.45) is 6.48. The van der Waals surface area contributed by atoms with Gasteiger partial charge in [0.2, 0.25) is 11.1 Å². The Hall–Kier alpha value is -1.76. The van der Waals surface area contributed by atoms with E-state index in [1.807, 2.05) is 13.0 Å². The summed E-state index contributed by atoms with van der Waals surface area (Å²) < 4.78 is 5.19. The molecule has 0 radical (unpaired) electrons. The highest BCUT2D eigenvalue weighted by Gasteiger charge is 2.22. The van der Waals surface area contributed by atoms with E-state index >= 15 is 0 Å². The van der Waals surface area contributed by atoms with Crippen molar-refractivity contribution in [3.63, 3.8) is 0 Å². The van der Waals surface area contributed by atoms with Crippen molar-refractivity contribution < 1.29 is 9.21 Å². The first-order chi connectivity index (χ1) is 10.7. The topological polar surface area (TPSA) is 83.8 Å². The summed E-state index contributed by atoms with van der Waals surface area (Å²) in [4.78, 5) is 16.6. The summed E-state index contributed by atoms with van der Waals surface area (Å²) in [5, 5.41) is 10.5. The van der Waals surface area contributed by atoms with E-state index < -0.39 is 0 Å². The first kappa shape index (κ1) is 15.1. The highest BCUT2D eigenvalue weighted by atomic mass is 32.2. The average molecular weight is 320 g/mol. The second kappa shape index (κ2) is 7.00. The van der Waals surface area contributed by atoms with Crippen LogP contribution in [0.15, 0.2) is 28.0 Å². The smallest absolute Gasteiger partial charge is 0.233 e. The van der Waals surface area contributed by atoms with Crippen molar-refractivity contribution in [2.75, 3.05) is 0 Å². The molecular formula is C15H20N4O2S. The number of carbonyl (C=O) groups is 1. The lowest BCUT2D eigenvalue weighted by molar-refractivity contribution is -0.120. The molecule has 0 aromatic carbocycles. The third-order valence-corrected chi connectivity index (χ3v) is 4.85. The number of aromatic nitrogens is 3. The summed E-state index contributed by atoms with van der Waals surface area (Å²) in [5.74, 6) is 2.16. The first-order valence-corrected chi connectivity index (χ1v) is 8.49. The van der Waals surface area contributed by atoms with Crippen LogP contribution in [0.4, 0.5) is 0 Å². The summed E-state index contributed by atoms with van der Waals surface area (Å²) in [6.45, 7) is 2.26. The number of hydrogen-bond donors (Lipinski definition) is 2. The molecule has 0 bridgehead atoms. The fourth-order valence-corrected chi connectivity index (χ4v) is 3.39. The number of H-pyrrole nitrogens is 1. The molecule has 1 aliphatic carbocycles. The third kappa shape index (κ3) is 3.71. The molecule has 1 unspecified atom stereocenters. The Balaban J connectivity index is 1.50. The maximum atomic E-state index is 12.1. The van der Waals surface area contributed by atoms with Crippen molar-refractivity contribution in [3.8, 4) is 0 Å². The van der Waals surface area contributed by atoms with Crippen molar-refractivity contribution in [3.05, 3.63) is 30.0 Å². The summed E-state index contributed by atoms with van der Waals surface area (Å²) in [5.41, 5.74) is 0. The minimum atomic E-state index is -0.248. The first-order valence-electron chi connectivity index (χ1n) is 7.61. The number of amides is 1. The molecule has 2 aromatic rings. The molecule has 1 fully saturated rings. The fraction of sp³-hybridized carbons (Fsp3) is 0.533. The normalized spacial score (nSPS) is 16.8. The Morgan fingerprint density at radius 3 is 3.09 bits per heavy atom. The van der Waals surface area contributed by atoms with Gasteiger partial charge in [-0.1, -0.05) is 24.6 Å². The molecule has 2 aromatic heterocycles. The lowest BCUT2D eigenvalue weighted by Gasteiger charge is -2.08. The molecule has 1 aliphatic rings. The third-order valence-electron chi connectivity index (χ3n) is 3.89. The van der Waals surface area contributed by atoms with Crippen LogP contribution in [0, 0.1) is 0 Å². The van der Waals surface area contributed by atoms with E-state index in [2.05, 4.69) is 20.5 Å². The van der Waals surface area contributed by atoms with E-state index in [-0.39, 0.29) is 11.2 Å². The van der Waals surface area contributed by atoms with Crippen molar-refractivity contribution in [2.45, 2.75) is 55.5 Å². The summed E-state index contributed by atoms with van der Waals surface area (Å²) >= 11 is 1.37. The van der Waals surface area contributed by atoms with Crippen LogP contribution in [0.1, 0.15) is 50.1 Å². The predicted octanol–water partition coefficient (Wildman–Crippen LogP) is 2.85. The molecular weight excluding hydrogens is 300 g/mol. The maximum Gasteiger partial charge on any atom is 0.233 e. The summed E-state index contributed by atoms with van der Waals surface area (Å²) in [7, 11) is 0. The molecule has 1 atom stereocenters. The molecule has 0 saturated heterocycles. The van der Waals surface area contributed by atoms with E-state index in [9.17, 15) is 4.79 Å². The Morgan fingerprint density at radius 1 is 1.55 bits per heavy atom. The number of thioether (sulfide) groups is 1. The minimum Gasteiger partial charge on any atom is -0.467 e. The van der Waals surface area contributed by atoms with Crippen LogP contribution in [0.3, 0.4) is 0 Å². The minimum absolute atomic E-state index is 0.0476. The van der Waals surface area contributed by atoms with Gasteiger partial charge in [-0.2, -0.15) is 0 Å². The van der Waals surface area contributed by atoms with Gasteiger partial charge in [-0.3, -0.25) is 9.89 Å². The largest absolute Gasteiger partial charge is 0.467 e. The quantitative estimate of drug-likeness (QED) is 0.800. The summed E-state index contributed by atoms with van der Waals surface area (Å²) in [6, 6.07) is 3.64. The molecule has 1 saturated carbocycles. The Morgan fingerprint density at radius 2 is 2.36 bits per heavy atom. The number of nitrogens with zero attached hydrogens (tertiary/aromatic N) is 2. The number of hydrogen-bond acceptors (Lipinski definition) is 5. The van der Waals surface area contributed by atoms with Gasteiger partial charge in [0.25, 0.3) is 0 Å². The van der Waals surface area contributed by atoms with Crippen LogP contribution in [-0.2, 0) is 11.3 Å². The SMILES string of the molecule is CC(Sc1n[nH]c(C2CCCC2)n1)C(=O)NCc1ccco1. The number of rotatable bonds is 6. The van der Waals surface area contributed by atoms with E-state index in [0.717, 1.165) is 11.6 Å². The zero-order valence-electron chi connectivity index (χ0n) is 12.5. The van der Waals surface area contributed by atoms with Gasteiger partial charge < -0.3 is 9.73 Å². The Bertz CT molecular complexity index is 605. The van der Waals surface area contributed by atoms with Gasteiger partial charge in [0.1, 0.15) is 11.6 Å². The molecule has 0 spiro atoms. The van der Waals surface area contributed by atoms with E-state index in [0.29, 0.717) is 17.6 Å². The van der Waals surface area contributed by atoms with E-state index in [4.69, 9.17) is 4.42 Å². The number of aromatic amines is 1. The van der Waals surface area contributed by atoms with Crippen molar-refractivity contribution >= 4 is 17.7 Å². The highest BCUT2D eigenvalue weighted by Crippen LogP contribution is 2.33. The number of nitrogens with one attached hydrogen (secondary N) is 2. The zero-order valence-corrected chi connectivity index (χ0v) is 13.4. The second-order valence-corrected chi connectivity index (χ2v) is 6.85. The molecule has 118 valence electrons. The molecule has 3 rings (SSSR count). The molecule has 0 aliphatic heterocycles. The molecule has 2 heterocycles. The van der Waals surface area contributed by atoms with Crippen LogP contribution >= 0.6 is 11.8 Å². The lowest BCUT2D eigenvalue weighted by atomic mass is 10.1.